The molecule has 3 nitrogen and oxygen atoms in total. The minimum absolute atomic E-state index is 0.259. The number of aliphatic hydroxyl groups excluding tert-OH is 1. The Labute approximate surface area is 111 Å². The van der Waals surface area contributed by atoms with Crippen molar-refractivity contribution in [2.75, 3.05) is 19.0 Å². The molecule has 0 bridgehead atoms. The quantitative estimate of drug-likeness (QED) is 0.787. The molecular formula is C13H19BrO3. The molecule has 1 unspecified atom stereocenters. The third-order valence-electron chi connectivity index (χ3n) is 2.38. The summed E-state index contributed by atoms with van der Waals surface area (Å²) in [7, 11) is 1.62. The standard InChI is InChI=1S/C13H19BrO3/c1-3-4-10-5-6-12(13(7-10)16-2)17-9-11(15)8-14/h5-7,11,15H,3-4,8-9H2,1-2H3. The lowest BCUT2D eigenvalue weighted by molar-refractivity contribution is 0.125. The van der Waals surface area contributed by atoms with Gasteiger partial charge in [-0.25, -0.2) is 0 Å². The van der Waals surface area contributed by atoms with Gasteiger partial charge in [0, 0.05) is 5.33 Å². The van der Waals surface area contributed by atoms with E-state index in [1.54, 1.807) is 7.11 Å². The van der Waals surface area contributed by atoms with E-state index in [1.165, 1.54) is 5.56 Å². The molecule has 0 spiro atoms. The summed E-state index contributed by atoms with van der Waals surface area (Å²) in [5, 5.41) is 9.91. The van der Waals surface area contributed by atoms with Crippen molar-refractivity contribution in [3.63, 3.8) is 0 Å². The molecule has 0 saturated carbocycles. The van der Waals surface area contributed by atoms with Crippen molar-refractivity contribution >= 4 is 15.9 Å². The maximum absolute atomic E-state index is 9.41. The highest BCUT2D eigenvalue weighted by Gasteiger charge is 2.08. The third-order valence-corrected chi connectivity index (χ3v) is 3.12. The van der Waals surface area contributed by atoms with Gasteiger partial charge in [0.15, 0.2) is 11.5 Å². The van der Waals surface area contributed by atoms with E-state index in [9.17, 15) is 5.11 Å². The molecule has 0 aromatic heterocycles. The van der Waals surface area contributed by atoms with Crippen LogP contribution >= 0.6 is 15.9 Å². The number of halogens is 1. The van der Waals surface area contributed by atoms with Gasteiger partial charge in [-0.3, -0.25) is 0 Å². The Morgan fingerprint density at radius 2 is 2.12 bits per heavy atom. The molecule has 0 aliphatic carbocycles. The topological polar surface area (TPSA) is 38.7 Å². The van der Waals surface area contributed by atoms with Crippen molar-refractivity contribution in [2.45, 2.75) is 25.9 Å². The average Bonchev–Trinajstić information content (AvgIpc) is 2.36. The van der Waals surface area contributed by atoms with Crippen molar-refractivity contribution in [2.24, 2.45) is 0 Å². The van der Waals surface area contributed by atoms with Crippen LogP contribution in [-0.2, 0) is 6.42 Å². The van der Waals surface area contributed by atoms with Gasteiger partial charge in [-0.05, 0) is 24.1 Å². The number of hydrogen-bond donors (Lipinski definition) is 1. The second kappa shape index (κ2) is 7.56. The molecule has 1 atom stereocenters. The van der Waals surface area contributed by atoms with E-state index in [2.05, 4.69) is 22.9 Å². The molecule has 1 aromatic carbocycles. The summed E-state index contributed by atoms with van der Waals surface area (Å²) < 4.78 is 10.8. The summed E-state index contributed by atoms with van der Waals surface area (Å²) in [5.74, 6) is 1.39. The van der Waals surface area contributed by atoms with Gasteiger partial charge >= 0.3 is 0 Å². The monoisotopic (exact) mass is 302 g/mol. The van der Waals surface area contributed by atoms with Gasteiger partial charge in [0.05, 0.1) is 13.2 Å². The van der Waals surface area contributed by atoms with Crippen LogP contribution < -0.4 is 9.47 Å². The Balaban J connectivity index is 2.71. The molecule has 1 N–H and O–H groups in total. The molecule has 4 heteroatoms. The fourth-order valence-electron chi connectivity index (χ4n) is 1.51. The fourth-order valence-corrected chi connectivity index (χ4v) is 1.69. The SMILES string of the molecule is CCCc1ccc(OCC(O)CBr)c(OC)c1. The molecule has 0 aliphatic rings. The second-order valence-corrected chi connectivity index (χ2v) is 4.50. The lowest BCUT2D eigenvalue weighted by atomic mass is 10.1. The van der Waals surface area contributed by atoms with Crippen LogP contribution in [0, 0.1) is 0 Å². The summed E-state index contributed by atoms with van der Waals surface area (Å²) in [4.78, 5) is 0. The first-order valence-electron chi connectivity index (χ1n) is 5.75. The first kappa shape index (κ1) is 14.3. The van der Waals surface area contributed by atoms with Crippen molar-refractivity contribution in [3.8, 4) is 11.5 Å². The van der Waals surface area contributed by atoms with Crippen molar-refractivity contribution in [1.29, 1.82) is 0 Å². The van der Waals surface area contributed by atoms with Crippen LogP contribution in [0.1, 0.15) is 18.9 Å². The predicted octanol–water partition coefficient (Wildman–Crippen LogP) is 2.78. The van der Waals surface area contributed by atoms with Crippen LogP contribution in [0.25, 0.3) is 0 Å². The molecule has 0 aliphatic heterocycles. The molecule has 1 rings (SSSR count). The molecule has 96 valence electrons. The van der Waals surface area contributed by atoms with Gasteiger partial charge in [0.1, 0.15) is 6.61 Å². The number of hydrogen-bond acceptors (Lipinski definition) is 3. The Morgan fingerprint density at radius 3 is 2.71 bits per heavy atom. The Kier molecular flexibility index (Phi) is 6.37. The van der Waals surface area contributed by atoms with Crippen LogP contribution in [-0.4, -0.2) is 30.3 Å². The van der Waals surface area contributed by atoms with Crippen molar-refractivity contribution in [1.82, 2.24) is 0 Å². The highest BCUT2D eigenvalue weighted by Crippen LogP contribution is 2.28. The minimum atomic E-state index is -0.505. The van der Waals surface area contributed by atoms with Crippen molar-refractivity contribution < 1.29 is 14.6 Å². The molecule has 0 fully saturated rings. The molecule has 17 heavy (non-hydrogen) atoms. The van der Waals surface area contributed by atoms with E-state index >= 15 is 0 Å². The van der Waals surface area contributed by atoms with Crippen LogP contribution in [0.4, 0.5) is 0 Å². The van der Waals surface area contributed by atoms with E-state index in [0.717, 1.165) is 18.6 Å². The smallest absolute Gasteiger partial charge is 0.161 e. The first-order chi connectivity index (χ1) is 8.21. The van der Waals surface area contributed by atoms with Crippen LogP contribution in [0.5, 0.6) is 11.5 Å². The van der Waals surface area contributed by atoms with Gasteiger partial charge in [-0.15, -0.1) is 0 Å². The fraction of sp³-hybridized carbons (Fsp3) is 0.538. The lowest BCUT2D eigenvalue weighted by Gasteiger charge is -2.13. The van der Waals surface area contributed by atoms with Crippen molar-refractivity contribution in [3.05, 3.63) is 23.8 Å². The Morgan fingerprint density at radius 1 is 1.35 bits per heavy atom. The van der Waals surface area contributed by atoms with Gasteiger partial charge in [0.25, 0.3) is 0 Å². The summed E-state index contributed by atoms with van der Waals surface area (Å²) in [6.07, 6.45) is 1.63. The predicted molar refractivity (Wildman–Crippen MR) is 72.3 cm³/mol. The lowest BCUT2D eigenvalue weighted by Crippen LogP contribution is -2.18. The zero-order valence-corrected chi connectivity index (χ0v) is 11.9. The average molecular weight is 303 g/mol. The Hall–Kier alpha value is -0.740. The van der Waals surface area contributed by atoms with Crippen LogP contribution in [0.15, 0.2) is 18.2 Å². The van der Waals surface area contributed by atoms with Gasteiger partial charge in [-0.1, -0.05) is 35.3 Å². The molecule has 1 aromatic rings. The minimum Gasteiger partial charge on any atom is -0.493 e. The van der Waals surface area contributed by atoms with E-state index in [1.807, 2.05) is 18.2 Å². The maximum Gasteiger partial charge on any atom is 0.161 e. The number of aliphatic hydroxyl groups is 1. The molecular weight excluding hydrogens is 284 g/mol. The summed E-state index contributed by atoms with van der Waals surface area (Å²) in [6, 6.07) is 5.91. The van der Waals surface area contributed by atoms with Crippen LogP contribution in [0.2, 0.25) is 0 Å². The third kappa shape index (κ3) is 4.56. The summed E-state index contributed by atoms with van der Waals surface area (Å²) >= 11 is 3.19. The van der Waals surface area contributed by atoms with E-state index < -0.39 is 6.10 Å². The number of ether oxygens (including phenoxy) is 2. The highest BCUT2D eigenvalue weighted by atomic mass is 79.9. The normalized spacial score (nSPS) is 12.2. The zero-order valence-electron chi connectivity index (χ0n) is 10.3. The largest absolute Gasteiger partial charge is 0.493 e. The second-order valence-electron chi connectivity index (χ2n) is 3.85. The molecule has 0 amide bonds. The number of rotatable bonds is 7. The van der Waals surface area contributed by atoms with E-state index in [0.29, 0.717) is 11.1 Å². The molecule has 0 radical (unpaired) electrons. The number of benzene rings is 1. The van der Waals surface area contributed by atoms with E-state index in [4.69, 9.17) is 9.47 Å². The van der Waals surface area contributed by atoms with Crippen LogP contribution in [0.3, 0.4) is 0 Å². The summed E-state index contributed by atoms with van der Waals surface area (Å²) in [5.41, 5.74) is 1.23. The highest BCUT2D eigenvalue weighted by molar-refractivity contribution is 9.09. The first-order valence-corrected chi connectivity index (χ1v) is 6.87. The number of methoxy groups -OCH3 is 1. The Bertz CT molecular complexity index is 341. The van der Waals surface area contributed by atoms with Gasteiger partial charge < -0.3 is 14.6 Å². The number of alkyl halides is 1. The van der Waals surface area contributed by atoms with Gasteiger partial charge in [-0.2, -0.15) is 0 Å². The molecule has 0 saturated heterocycles. The maximum atomic E-state index is 9.41. The summed E-state index contributed by atoms with van der Waals surface area (Å²) in [6.45, 7) is 2.40. The zero-order chi connectivity index (χ0) is 12.7. The van der Waals surface area contributed by atoms with Gasteiger partial charge in [0.2, 0.25) is 0 Å². The number of aryl methyl sites for hydroxylation is 1. The van der Waals surface area contributed by atoms with E-state index in [-0.39, 0.29) is 6.61 Å². The molecule has 0 heterocycles.